The minimum atomic E-state index is -0.433. The molecule has 0 aromatic rings. The van der Waals surface area contributed by atoms with Gasteiger partial charge in [-0.05, 0) is 52.5 Å². The minimum absolute atomic E-state index is 0.147. The van der Waals surface area contributed by atoms with Crippen molar-refractivity contribution in [2.45, 2.75) is 77.9 Å². The molecule has 1 amide bonds. The van der Waals surface area contributed by atoms with Gasteiger partial charge in [0.1, 0.15) is 5.60 Å². The quantitative estimate of drug-likeness (QED) is 0.785. The first-order valence-corrected chi connectivity index (χ1v) is 8.11. The number of alkyl carbamates (subject to hydrolysis) is 1. The van der Waals surface area contributed by atoms with E-state index in [1.54, 1.807) is 0 Å². The van der Waals surface area contributed by atoms with Gasteiger partial charge >= 0.3 is 6.09 Å². The summed E-state index contributed by atoms with van der Waals surface area (Å²) in [4.78, 5) is 11.7. The van der Waals surface area contributed by atoms with Crippen LogP contribution in [0.1, 0.15) is 66.2 Å². The Morgan fingerprint density at radius 2 is 1.90 bits per heavy atom. The summed E-state index contributed by atoms with van der Waals surface area (Å²) in [7, 11) is 0. The van der Waals surface area contributed by atoms with Gasteiger partial charge in [-0.1, -0.05) is 26.2 Å². The van der Waals surface area contributed by atoms with E-state index < -0.39 is 5.60 Å². The number of nitrogens with one attached hydrogen (secondary N) is 2. The van der Waals surface area contributed by atoms with Crippen LogP contribution in [0.25, 0.3) is 0 Å². The SMILES string of the molecule is CCC(CNCC1CCCCC1)NC(=O)OC(C)(C)C. The molecule has 1 rings (SSSR count). The summed E-state index contributed by atoms with van der Waals surface area (Å²) in [6.07, 6.45) is 7.45. The Hall–Kier alpha value is -0.770. The highest BCUT2D eigenvalue weighted by molar-refractivity contribution is 5.68. The monoisotopic (exact) mass is 284 g/mol. The molecule has 1 unspecified atom stereocenters. The van der Waals surface area contributed by atoms with Gasteiger partial charge in [-0.3, -0.25) is 0 Å². The molecule has 4 heteroatoms. The van der Waals surface area contributed by atoms with Crippen LogP contribution in [0.3, 0.4) is 0 Å². The Labute approximate surface area is 124 Å². The average Bonchev–Trinajstić information content (AvgIpc) is 2.36. The van der Waals surface area contributed by atoms with Crippen molar-refractivity contribution in [3.63, 3.8) is 0 Å². The normalized spacial score (nSPS) is 18.6. The third kappa shape index (κ3) is 7.73. The Balaban J connectivity index is 2.19. The van der Waals surface area contributed by atoms with Gasteiger partial charge < -0.3 is 15.4 Å². The second-order valence-electron chi connectivity index (χ2n) is 6.91. The number of hydrogen-bond acceptors (Lipinski definition) is 3. The van der Waals surface area contributed by atoms with Gasteiger partial charge in [-0.2, -0.15) is 0 Å². The maximum Gasteiger partial charge on any atom is 0.407 e. The van der Waals surface area contributed by atoms with E-state index in [-0.39, 0.29) is 12.1 Å². The van der Waals surface area contributed by atoms with E-state index in [1.807, 2.05) is 20.8 Å². The first-order chi connectivity index (χ1) is 9.40. The van der Waals surface area contributed by atoms with E-state index in [0.717, 1.165) is 25.4 Å². The van der Waals surface area contributed by atoms with E-state index in [2.05, 4.69) is 17.6 Å². The molecule has 20 heavy (non-hydrogen) atoms. The third-order valence-corrected chi connectivity index (χ3v) is 3.76. The highest BCUT2D eigenvalue weighted by atomic mass is 16.6. The Bertz CT molecular complexity index is 281. The van der Waals surface area contributed by atoms with Crippen LogP contribution in [0.15, 0.2) is 0 Å². The molecule has 1 atom stereocenters. The van der Waals surface area contributed by atoms with Crippen molar-refractivity contribution in [2.24, 2.45) is 5.92 Å². The second-order valence-corrected chi connectivity index (χ2v) is 6.91. The maximum atomic E-state index is 11.7. The predicted octanol–water partition coefficient (Wildman–Crippen LogP) is 3.46. The number of rotatable bonds is 6. The van der Waals surface area contributed by atoms with Crippen molar-refractivity contribution in [1.29, 1.82) is 0 Å². The van der Waals surface area contributed by atoms with Gasteiger partial charge in [-0.25, -0.2) is 4.79 Å². The number of ether oxygens (including phenoxy) is 1. The molecule has 0 aliphatic heterocycles. The molecule has 0 heterocycles. The van der Waals surface area contributed by atoms with Crippen LogP contribution in [-0.4, -0.2) is 30.8 Å². The topological polar surface area (TPSA) is 50.4 Å². The van der Waals surface area contributed by atoms with Crippen molar-refractivity contribution in [2.75, 3.05) is 13.1 Å². The molecular formula is C16H32N2O2. The van der Waals surface area contributed by atoms with E-state index in [1.165, 1.54) is 32.1 Å². The van der Waals surface area contributed by atoms with Gasteiger partial charge in [0.15, 0.2) is 0 Å². The van der Waals surface area contributed by atoms with Gasteiger partial charge in [-0.15, -0.1) is 0 Å². The molecule has 118 valence electrons. The molecule has 0 bridgehead atoms. The van der Waals surface area contributed by atoms with Gasteiger partial charge in [0.25, 0.3) is 0 Å². The lowest BCUT2D eigenvalue weighted by molar-refractivity contribution is 0.0502. The standard InChI is InChI=1S/C16H32N2O2/c1-5-14(18-15(19)20-16(2,3)4)12-17-11-13-9-7-6-8-10-13/h13-14,17H,5-12H2,1-4H3,(H,18,19). The molecule has 1 saturated carbocycles. The summed E-state index contributed by atoms with van der Waals surface area (Å²) in [5, 5.41) is 6.44. The van der Waals surface area contributed by atoms with E-state index in [4.69, 9.17) is 4.74 Å². The fourth-order valence-electron chi connectivity index (χ4n) is 2.62. The van der Waals surface area contributed by atoms with Gasteiger partial charge in [0.2, 0.25) is 0 Å². The Morgan fingerprint density at radius 1 is 1.25 bits per heavy atom. The molecule has 0 saturated heterocycles. The zero-order valence-electron chi connectivity index (χ0n) is 13.6. The Kier molecular flexibility index (Phi) is 7.35. The van der Waals surface area contributed by atoms with Crippen LogP contribution in [0.4, 0.5) is 4.79 Å². The van der Waals surface area contributed by atoms with Crippen LogP contribution in [-0.2, 0) is 4.74 Å². The first kappa shape index (κ1) is 17.3. The largest absolute Gasteiger partial charge is 0.444 e. The summed E-state index contributed by atoms with van der Waals surface area (Å²) >= 11 is 0. The number of carbonyl (C=O) groups excluding carboxylic acids is 1. The number of carbonyl (C=O) groups is 1. The summed E-state index contributed by atoms with van der Waals surface area (Å²) in [5.41, 5.74) is -0.433. The molecule has 1 fully saturated rings. The van der Waals surface area contributed by atoms with Crippen molar-refractivity contribution < 1.29 is 9.53 Å². The summed E-state index contributed by atoms with van der Waals surface area (Å²) in [6, 6.07) is 0.147. The fourth-order valence-corrected chi connectivity index (χ4v) is 2.62. The van der Waals surface area contributed by atoms with Gasteiger partial charge in [0, 0.05) is 12.6 Å². The molecule has 0 aromatic heterocycles. The third-order valence-electron chi connectivity index (χ3n) is 3.76. The lowest BCUT2D eigenvalue weighted by Gasteiger charge is -2.25. The van der Waals surface area contributed by atoms with E-state index in [9.17, 15) is 4.79 Å². The second kappa shape index (κ2) is 8.50. The average molecular weight is 284 g/mol. The van der Waals surface area contributed by atoms with Crippen molar-refractivity contribution in [3.8, 4) is 0 Å². The fraction of sp³-hybridized carbons (Fsp3) is 0.938. The first-order valence-electron chi connectivity index (χ1n) is 8.11. The van der Waals surface area contributed by atoms with Crippen molar-refractivity contribution >= 4 is 6.09 Å². The zero-order valence-corrected chi connectivity index (χ0v) is 13.6. The van der Waals surface area contributed by atoms with Crippen LogP contribution in [0, 0.1) is 5.92 Å². The molecule has 4 nitrogen and oxygen atoms in total. The van der Waals surface area contributed by atoms with Crippen molar-refractivity contribution in [3.05, 3.63) is 0 Å². The maximum absolute atomic E-state index is 11.7. The van der Waals surface area contributed by atoms with Gasteiger partial charge in [0.05, 0.1) is 0 Å². The predicted molar refractivity (Wildman–Crippen MR) is 82.9 cm³/mol. The summed E-state index contributed by atoms with van der Waals surface area (Å²) < 4.78 is 5.29. The van der Waals surface area contributed by atoms with E-state index >= 15 is 0 Å². The summed E-state index contributed by atoms with van der Waals surface area (Å²) in [5.74, 6) is 0.822. The van der Waals surface area contributed by atoms with Crippen LogP contribution in [0.5, 0.6) is 0 Å². The highest BCUT2D eigenvalue weighted by Crippen LogP contribution is 2.22. The van der Waals surface area contributed by atoms with Crippen LogP contribution in [0.2, 0.25) is 0 Å². The number of hydrogen-bond donors (Lipinski definition) is 2. The highest BCUT2D eigenvalue weighted by Gasteiger charge is 2.19. The molecule has 1 aliphatic rings. The zero-order chi connectivity index (χ0) is 15.0. The minimum Gasteiger partial charge on any atom is -0.444 e. The molecule has 0 radical (unpaired) electrons. The molecule has 0 spiro atoms. The number of amides is 1. The molecule has 1 aliphatic carbocycles. The molecule has 2 N–H and O–H groups in total. The lowest BCUT2D eigenvalue weighted by Crippen LogP contribution is -2.44. The lowest BCUT2D eigenvalue weighted by atomic mass is 9.89. The smallest absolute Gasteiger partial charge is 0.407 e. The van der Waals surface area contributed by atoms with Crippen LogP contribution < -0.4 is 10.6 Å². The summed E-state index contributed by atoms with van der Waals surface area (Å²) in [6.45, 7) is 9.64. The van der Waals surface area contributed by atoms with E-state index in [0.29, 0.717) is 0 Å². The van der Waals surface area contributed by atoms with Crippen molar-refractivity contribution in [1.82, 2.24) is 10.6 Å². The Morgan fingerprint density at radius 3 is 2.45 bits per heavy atom. The molecular weight excluding hydrogens is 252 g/mol. The molecule has 0 aromatic carbocycles. The van der Waals surface area contributed by atoms with Crippen LogP contribution >= 0.6 is 0 Å².